The van der Waals surface area contributed by atoms with Crippen molar-refractivity contribution in [2.24, 2.45) is 0 Å². The van der Waals surface area contributed by atoms with E-state index in [0.29, 0.717) is 5.56 Å². The number of hydrogen-bond acceptors (Lipinski definition) is 4. The Hall–Kier alpha value is -1.22. The maximum atomic E-state index is 12.2. The van der Waals surface area contributed by atoms with Gasteiger partial charge in [-0.1, -0.05) is 6.07 Å². The molecule has 0 fully saturated rings. The highest BCUT2D eigenvalue weighted by Crippen LogP contribution is 2.23. The van der Waals surface area contributed by atoms with Crippen LogP contribution in [0.5, 0.6) is 0 Å². The molecule has 0 aliphatic carbocycles. The molecule has 0 saturated heterocycles. The fraction of sp³-hybridized carbons (Fsp3) is 0.154. The summed E-state index contributed by atoms with van der Waals surface area (Å²) in [5.41, 5.74) is 0.498. The molecule has 0 spiro atoms. The minimum absolute atomic E-state index is 0.0184. The highest BCUT2D eigenvalue weighted by atomic mass is 79.9. The maximum Gasteiger partial charge on any atom is 0.335 e. The highest BCUT2D eigenvalue weighted by molar-refractivity contribution is 9.10. The first-order chi connectivity index (χ1) is 9.81. The lowest BCUT2D eigenvalue weighted by atomic mass is 10.1. The van der Waals surface area contributed by atoms with E-state index in [9.17, 15) is 13.2 Å². The van der Waals surface area contributed by atoms with Gasteiger partial charge >= 0.3 is 5.97 Å². The van der Waals surface area contributed by atoms with Crippen LogP contribution in [-0.4, -0.2) is 19.5 Å². The van der Waals surface area contributed by atoms with Gasteiger partial charge in [-0.2, -0.15) is 0 Å². The lowest BCUT2D eigenvalue weighted by Crippen LogP contribution is -2.23. The summed E-state index contributed by atoms with van der Waals surface area (Å²) in [5.74, 6) is -1.15. The molecule has 0 unspecified atom stereocenters. The van der Waals surface area contributed by atoms with Crippen LogP contribution in [0, 0.1) is 6.92 Å². The number of sulfonamides is 1. The number of halogens is 1. The number of nitrogens with one attached hydrogen (secondary N) is 1. The Balaban J connectivity index is 2.26. The molecule has 0 aliphatic heterocycles. The monoisotopic (exact) mass is 389 g/mol. The van der Waals surface area contributed by atoms with Gasteiger partial charge in [-0.25, -0.2) is 17.9 Å². The van der Waals surface area contributed by atoms with Crippen LogP contribution in [0.15, 0.2) is 39.0 Å². The number of aryl methyl sites for hydroxylation is 1. The van der Waals surface area contributed by atoms with Crippen LogP contribution in [0.1, 0.15) is 20.8 Å². The second-order valence-electron chi connectivity index (χ2n) is 4.30. The summed E-state index contributed by atoms with van der Waals surface area (Å²) in [6.07, 6.45) is 0. The number of rotatable bonds is 5. The minimum atomic E-state index is -3.75. The third kappa shape index (κ3) is 3.70. The van der Waals surface area contributed by atoms with Crippen LogP contribution in [0.4, 0.5) is 0 Å². The average molecular weight is 390 g/mol. The van der Waals surface area contributed by atoms with E-state index in [1.807, 2.05) is 11.4 Å². The molecular weight excluding hydrogens is 378 g/mol. The standard InChI is InChI=1S/C13H12BrNO4S2/c1-8-2-3-9(6-10(8)13(16)17)21(18,19)15-7-12-11(14)4-5-20-12/h2-6,15H,7H2,1H3,(H,16,17). The van der Waals surface area contributed by atoms with Crippen molar-refractivity contribution < 1.29 is 18.3 Å². The van der Waals surface area contributed by atoms with Gasteiger partial charge in [0.25, 0.3) is 0 Å². The van der Waals surface area contributed by atoms with Gasteiger partial charge in [0.2, 0.25) is 10.0 Å². The van der Waals surface area contributed by atoms with Crippen molar-refractivity contribution in [1.29, 1.82) is 0 Å². The number of aromatic carboxylic acids is 1. The molecule has 8 heteroatoms. The van der Waals surface area contributed by atoms with Crippen molar-refractivity contribution in [3.63, 3.8) is 0 Å². The molecule has 112 valence electrons. The van der Waals surface area contributed by atoms with Crippen LogP contribution in [0.3, 0.4) is 0 Å². The summed E-state index contributed by atoms with van der Waals surface area (Å²) in [5, 5.41) is 10.9. The van der Waals surface area contributed by atoms with Crippen molar-refractivity contribution in [2.45, 2.75) is 18.4 Å². The van der Waals surface area contributed by atoms with Crippen LogP contribution in [0.2, 0.25) is 0 Å². The van der Waals surface area contributed by atoms with Gasteiger partial charge in [0, 0.05) is 15.9 Å². The molecule has 0 radical (unpaired) electrons. The van der Waals surface area contributed by atoms with E-state index in [2.05, 4.69) is 20.7 Å². The SMILES string of the molecule is Cc1ccc(S(=O)(=O)NCc2sccc2Br)cc1C(=O)O. The molecule has 5 nitrogen and oxygen atoms in total. The zero-order valence-electron chi connectivity index (χ0n) is 11.0. The van der Waals surface area contributed by atoms with Crippen molar-refractivity contribution >= 4 is 43.3 Å². The van der Waals surface area contributed by atoms with Crippen LogP contribution < -0.4 is 4.72 Å². The average Bonchev–Trinajstić information content (AvgIpc) is 2.82. The van der Waals surface area contributed by atoms with Gasteiger partial charge in [-0.05, 0) is 52.0 Å². The molecule has 0 bridgehead atoms. The predicted octanol–water partition coefficient (Wildman–Crippen LogP) is 3.00. The molecular formula is C13H12BrNO4S2. The number of hydrogen-bond donors (Lipinski definition) is 2. The second-order valence-corrected chi connectivity index (χ2v) is 7.92. The molecule has 0 atom stereocenters. The van der Waals surface area contributed by atoms with Crippen LogP contribution in [-0.2, 0) is 16.6 Å². The predicted molar refractivity (Wildman–Crippen MR) is 84.2 cm³/mol. The number of carboxylic acids is 1. The molecule has 2 rings (SSSR count). The quantitative estimate of drug-likeness (QED) is 0.822. The Kier molecular flexibility index (Phi) is 4.82. The van der Waals surface area contributed by atoms with Crippen LogP contribution >= 0.6 is 27.3 Å². The summed E-state index contributed by atoms with van der Waals surface area (Å²) in [7, 11) is -3.75. The van der Waals surface area contributed by atoms with Gasteiger partial charge < -0.3 is 5.11 Å². The minimum Gasteiger partial charge on any atom is -0.478 e. The van der Waals surface area contributed by atoms with Gasteiger partial charge in [0.1, 0.15) is 0 Å². The van der Waals surface area contributed by atoms with E-state index in [4.69, 9.17) is 5.11 Å². The topological polar surface area (TPSA) is 83.5 Å². The Labute approximate surface area is 134 Å². The lowest BCUT2D eigenvalue weighted by Gasteiger charge is -2.08. The summed E-state index contributed by atoms with van der Waals surface area (Å²) in [4.78, 5) is 11.9. The third-order valence-electron chi connectivity index (χ3n) is 2.86. The molecule has 1 aromatic carbocycles. The Morgan fingerprint density at radius 3 is 2.67 bits per heavy atom. The Morgan fingerprint density at radius 2 is 2.10 bits per heavy atom. The summed E-state index contributed by atoms with van der Waals surface area (Å²) in [6.45, 7) is 1.77. The van der Waals surface area contributed by atoms with E-state index in [1.54, 1.807) is 6.92 Å². The zero-order chi connectivity index (χ0) is 15.6. The van der Waals surface area contributed by atoms with Gasteiger partial charge in [0.05, 0.1) is 10.5 Å². The summed E-state index contributed by atoms with van der Waals surface area (Å²) >= 11 is 4.76. The molecule has 1 heterocycles. The molecule has 2 aromatic rings. The number of carbonyl (C=O) groups is 1. The molecule has 0 aliphatic rings. The van der Waals surface area contributed by atoms with Crippen LogP contribution in [0.25, 0.3) is 0 Å². The second kappa shape index (κ2) is 6.27. The van der Waals surface area contributed by atoms with E-state index in [-0.39, 0.29) is 17.0 Å². The van der Waals surface area contributed by atoms with E-state index in [0.717, 1.165) is 9.35 Å². The first-order valence-corrected chi connectivity index (χ1v) is 9.02. The van der Waals surface area contributed by atoms with Crippen molar-refractivity contribution in [2.75, 3.05) is 0 Å². The Bertz CT molecular complexity index is 783. The van der Waals surface area contributed by atoms with Gasteiger partial charge in [-0.15, -0.1) is 11.3 Å². The van der Waals surface area contributed by atoms with Gasteiger partial charge in [-0.3, -0.25) is 0 Å². The fourth-order valence-corrected chi connectivity index (χ4v) is 4.24. The first-order valence-electron chi connectivity index (χ1n) is 5.87. The molecule has 1 aromatic heterocycles. The van der Waals surface area contributed by atoms with E-state index in [1.165, 1.54) is 29.5 Å². The van der Waals surface area contributed by atoms with Gasteiger partial charge in [0.15, 0.2) is 0 Å². The molecule has 21 heavy (non-hydrogen) atoms. The number of benzene rings is 1. The number of carboxylic acid groups (broad SMARTS) is 1. The third-order valence-corrected chi connectivity index (χ3v) is 6.19. The summed E-state index contributed by atoms with van der Waals surface area (Å²) < 4.78 is 27.7. The normalized spacial score (nSPS) is 11.5. The zero-order valence-corrected chi connectivity index (χ0v) is 14.2. The van der Waals surface area contributed by atoms with E-state index >= 15 is 0 Å². The number of thiophene rings is 1. The van der Waals surface area contributed by atoms with E-state index < -0.39 is 16.0 Å². The molecule has 0 amide bonds. The summed E-state index contributed by atoms with van der Waals surface area (Å²) in [6, 6.07) is 5.89. The largest absolute Gasteiger partial charge is 0.478 e. The first kappa shape index (κ1) is 16.2. The van der Waals surface area contributed by atoms with Crippen molar-refractivity contribution in [3.8, 4) is 0 Å². The lowest BCUT2D eigenvalue weighted by molar-refractivity contribution is 0.0696. The molecule has 2 N–H and O–H groups in total. The fourth-order valence-electron chi connectivity index (χ4n) is 1.69. The van der Waals surface area contributed by atoms with Crippen molar-refractivity contribution in [1.82, 2.24) is 4.72 Å². The Morgan fingerprint density at radius 1 is 1.38 bits per heavy atom. The maximum absolute atomic E-state index is 12.2. The smallest absolute Gasteiger partial charge is 0.335 e. The highest BCUT2D eigenvalue weighted by Gasteiger charge is 2.18. The van der Waals surface area contributed by atoms with Crippen molar-refractivity contribution in [3.05, 3.63) is 50.1 Å². The molecule has 0 saturated carbocycles.